The van der Waals surface area contributed by atoms with Gasteiger partial charge in [-0.3, -0.25) is 0 Å². The molecule has 2 aliphatic rings. The van der Waals surface area contributed by atoms with Gasteiger partial charge in [-0.2, -0.15) is 0 Å². The Labute approximate surface area is 178 Å². The van der Waals surface area contributed by atoms with Gasteiger partial charge in [0.15, 0.2) is 0 Å². The van der Waals surface area contributed by atoms with E-state index < -0.39 is 0 Å². The summed E-state index contributed by atoms with van der Waals surface area (Å²) in [5.74, 6) is 0.311. The first-order valence-electron chi connectivity index (χ1n) is 10.8. The van der Waals surface area contributed by atoms with Gasteiger partial charge in [-0.15, -0.1) is 0 Å². The highest BCUT2D eigenvalue weighted by Crippen LogP contribution is 2.52. The quantitative estimate of drug-likeness (QED) is 0.304. The van der Waals surface area contributed by atoms with E-state index >= 15 is 0 Å². The van der Waals surface area contributed by atoms with Gasteiger partial charge in [0.2, 0.25) is 0 Å². The normalized spacial score (nSPS) is 17.8. The Morgan fingerprint density at radius 2 is 1.43 bits per heavy atom. The lowest BCUT2D eigenvalue weighted by atomic mass is 9.64. The lowest BCUT2D eigenvalue weighted by Crippen LogP contribution is -2.31. The van der Waals surface area contributed by atoms with Gasteiger partial charge in [0.1, 0.15) is 0 Å². The number of allylic oxidation sites excluding steroid dienone is 1. The zero-order valence-corrected chi connectivity index (χ0v) is 17.2. The van der Waals surface area contributed by atoms with Crippen LogP contribution >= 0.6 is 0 Å². The Balaban J connectivity index is 1.61. The van der Waals surface area contributed by atoms with Gasteiger partial charge in [0.05, 0.1) is 0 Å². The summed E-state index contributed by atoms with van der Waals surface area (Å²) in [5.41, 5.74) is 11.2. The molecule has 0 nitrogen and oxygen atoms in total. The second kappa shape index (κ2) is 6.57. The molecule has 4 aromatic carbocycles. The molecule has 144 valence electrons. The average molecular weight is 385 g/mol. The fraction of sp³-hybridized carbons (Fsp3) is 0.133. The summed E-state index contributed by atoms with van der Waals surface area (Å²) >= 11 is 0. The van der Waals surface area contributed by atoms with Crippen molar-refractivity contribution in [3.05, 3.63) is 137 Å². The number of fused-ring (bicyclic) bond motifs is 4. The fourth-order valence-electron chi connectivity index (χ4n) is 5.68. The van der Waals surface area contributed by atoms with Crippen molar-refractivity contribution in [3.8, 4) is 11.1 Å². The molecule has 0 amide bonds. The standard InChI is InChI=1S/C30H24/c1-30(23-12-3-2-4-13-23,29-19-18-21-10-5-8-15-25(21)29)28-17-9-16-26-24-14-7-6-11-22(24)20-27(26)28/h2-19,29H,20H2,1H3. The van der Waals surface area contributed by atoms with Crippen LogP contribution in [-0.2, 0) is 11.8 Å². The lowest BCUT2D eigenvalue weighted by molar-refractivity contribution is 0.511. The second-order valence-electron chi connectivity index (χ2n) is 8.70. The van der Waals surface area contributed by atoms with E-state index in [2.05, 4.69) is 116 Å². The van der Waals surface area contributed by atoms with Gasteiger partial charge < -0.3 is 0 Å². The molecule has 4 aromatic rings. The number of rotatable bonds is 3. The maximum Gasteiger partial charge on any atom is 0.0281 e. The van der Waals surface area contributed by atoms with E-state index in [1.54, 1.807) is 0 Å². The van der Waals surface area contributed by atoms with Crippen molar-refractivity contribution in [2.75, 3.05) is 0 Å². The highest BCUT2D eigenvalue weighted by Gasteiger charge is 2.42. The van der Waals surface area contributed by atoms with Crippen LogP contribution in [0.3, 0.4) is 0 Å². The topological polar surface area (TPSA) is 0 Å². The van der Waals surface area contributed by atoms with Crippen LogP contribution in [0.2, 0.25) is 0 Å². The van der Waals surface area contributed by atoms with Crippen LogP contribution < -0.4 is 0 Å². The third-order valence-electron chi connectivity index (χ3n) is 7.21. The van der Waals surface area contributed by atoms with Crippen molar-refractivity contribution in [3.63, 3.8) is 0 Å². The number of hydrogen-bond acceptors (Lipinski definition) is 0. The molecule has 2 aliphatic carbocycles. The Hall–Kier alpha value is -3.38. The first-order valence-corrected chi connectivity index (χ1v) is 10.8. The SMILES string of the molecule is CC(c1ccccc1)(c1cccc2c1Cc1ccccc1-2)C1C=Cc2ccccc21. The zero-order chi connectivity index (χ0) is 20.1. The largest absolute Gasteiger partial charge is 0.0752 e. The summed E-state index contributed by atoms with van der Waals surface area (Å²) in [6.07, 6.45) is 5.74. The molecule has 0 saturated heterocycles. The molecule has 6 rings (SSSR count). The van der Waals surface area contributed by atoms with E-state index in [0.717, 1.165) is 6.42 Å². The molecular weight excluding hydrogens is 360 g/mol. The van der Waals surface area contributed by atoms with Gasteiger partial charge >= 0.3 is 0 Å². The highest BCUT2D eigenvalue weighted by molar-refractivity contribution is 5.79. The van der Waals surface area contributed by atoms with Crippen molar-refractivity contribution in [1.29, 1.82) is 0 Å². The fourth-order valence-corrected chi connectivity index (χ4v) is 5.68. The summed E-state index contributed by atoms with van der Waals surface area (Å²) in [5, 5.41) is 0. The molecule has 2 unspecified atom stereocenters. The average Bonchev–Trinajstić information content (AvgIpc) is 3.41. The molecule has 0 heterocycles. The number of benzene rings is 4. The molecule has 30 heavy (non-hydrogen) atoms. The van der Waals surface area contributed by atoms with Crippen LogP contribution in [0.4, 0.5) is 0 Å². The summed E-state index contributed by atoms with van der Waals surface area (Å²) in [7, 11) is 0. The van der Waals surface area contributed by atoms with Gasteiger partial charge in [0, 0.05) is 11.3 Å². The maximum atomic E-state index is 2.44. The van der Waals surface area contributed by atoms with E-state index in [1.165, 1.54) is 44.5 Å². The molecular formula is C30H24. The molecule has 0 heteroatoms. The molecule has 2 atom stereocenters. The van der Waals surface area contributed by atoms with Crippen molar-refractivity contribution < 1.29 is 0 Å². The lowest BCUT2D eigenvalue weighted by Gasteiger charge is -2.38. The Morgan fingerprint density at radius 1 is 0.700 bits per heavy atom. The molecule has 0 aromatic heterocycles. The van der Waals surface area contributed by atoms with E-state index in [4.69, 9.17) is 0 Å². The third-order valence-corrected chi connectivity index (χ3v) is 7.21. The van der Waals surface area contributed by atoms with Crippen LogP contribution in [0.15, 0.2) is 103 Å². The minimum absolute atomic E-state index is 0.141. The molecule has 0 saturated carbocycles. The highest BCUT2D eigenvalue weighted by atomic mass is 14.4. The molecule has 0 fully saturated rings. The molecule has 0 radical (unpaired) electrons. The van der Waals surface area contributed by atoms with Crippen molar-refractivity contribution in [1.82, 2.24) is 0 Å². The minimum atomic E-state index is -0.141. The van der Waals surface area contributed by atoms with Crippen LogP contribution in [0.5, 0.6) is 0 Å². The van der Waals surface area contributed by atoms with E-state index in [-0.39, 0.29) is 5.41 Å². The van der Waals surface area contributed by atoms with Crippen LogP contribution in [0.25, 0.3) is 17.2 Å². The predicted octanol–water partition coefficient (Wildman–Crippen LogP) is 7.37. The Bertz CT molecular complexity index is 1280. The summed E-state index contributed by atoms with van der Waals surface area (Å²) in [6, 6.07) is 35.7. The zero-order valence-electron chi connectivity index (χ0n) is 17.2. The number of hydrogen-bond donors (Lipinski definition) is 0. The predicted molar refractivity (Wildman–Crippen MR) is 126 cm³/mol. The first-order chi connectivity index (χ1) is 14.8. The van der Waals surface area contributed by atoms with Gasteiger partial charge in [-0.1, -0.05) is 116 Å². The summed E-state index contributed by atoms with van der Waals surface area (Å²) < 4.78 is 0. The van der Waals surface area contributed by atoms with Crippen molar-refractivity contribution in [2.45, 2.75) is 24.7 Å². The molecule has 0 N–H and O–H groups in total. The van der Waals surface area contributed by atoms with Gasteiger partial charge in [-0.25, -0.2) is 0 Å². The smallest absolute Gasteiger partial charge is 0.0281 e. The Kier molecular flexibility index (Phi) is 3.83. The molecule has 0 spiro atoms. The van der Waals surface area contributed by atoms with Crippen molar-refractivity contribution >= 4 is 6.08 Å². The van der Waals surface area contributed by atoms with Crippen LogP contribution in [0.1, 0.15) is 46.2 Å². The van der Waals surface area contributed by atoms with Crippen molar-refractivity contribution in [2.24, 2.45) is 0 Å². The van der Waals surface area contributed by atoms with E-state index in [9.17, 15) is 0 Å². The third kappa shape index (κ3) is 2.40. The molecule has 0 bridgehead atoms. The van der Waals surface area contributed by atoms with E-state index in [1.807, 2.05) is 0 Å². The second-order valence-corrected chi connectivity index (χ2v) is 8.70. The van der Waals surface area contributed by atoms with Gasteiger partial charge in [0.25, 0.3) is 0 Å². The Morgan fingerprint density at radius 3 is 2.33 bits per heavy atom. The van der Waals surface area contributed by atoms with Crippen LogP contribution in [0, 0.1) is 0 Å². The monoisotopic (exact) mass is 384 g/mol. The maximum absolute atomic E-state index is 2.44. The van der Waals surface area contributed by atoms with Gasteiger partial charge in [-0.05, 0) is 50.9 Å². The summed E-state index contributed by atoms with van der Waals surface area (Å²) in [4.78, 5) is 0. The first kappa shape index (κ1) is 17.5. The van der Waals surface area contributed by atoms with Crippen LogP contribution in [-0.4, -0.2) is 0 Å². The minimum Gasteiger partial charge on any atom is -0.0752 e. The van der Waals surface area contributed by atoms with E-state index in [0.29, 0.717) is 5.92 Å². The molecule has 0 aliphatic heterocycles. The summed E-state index contributed by atoms with van der Waals surface area (Å²) in [6.45, 7) is 2.44.